The van der Waals surface area contributed by atoms with Crippen LogP contribution in [0.4, 0.5) is 0 Å². The molecule has 2 spiro atoms. The lowest BCUT2D eigenvalue weighted by molar-refractivity contribution is -0.147. The highest BCUT2D eigenvalue weighted by molar-refractivity contribution is 6.45. The van der Waals surface area contributed by atoms with Gasteiger partial charge in [-0.1, -0.05) is 39.5 Å². The molecule has 4 heterocycles. The van der Waals surface area contributed by atoms with Gasteiger partial charge in [0, 0.05) is 0 Å². The van der Waals surface area contributed by atoms with Crippen LogP contribution in [0.3, 0.4) is 0 Å². The second-order valence-corrected chi connectivity index (χ2v) is 10.4. The van der Waals surface area contributed by atoms with E-state index in [0.717, 1.165) is 77.3 Å². The third kappa shape index (κ3) is 6.49. The fourth-order valence-electron chi connectivity index (χ4n) is 5.63. The van der Waals surface area contributed by atoms with E-state index in [2.05, 4.69) is 24.5 Å². The molecule has 0 aromatic heterocycles. The average molecular weight is 450 g/mol. The van der Waals surface area contributed by atoms with Gasteiger partial charge in [0.2, 0.25) is 0 Å². The number of piperidine rings is 2. The topological polar surface area (TPSA) is 117 Å². The van der Waals surface area contributed by atoms with Crippen LogP contribution in [0.1, 0.15) is 78.1 Å². The Labute approximate surface area is 192 Å². The summed E-state index contributed by atoms with van der Waals surface area (Å²) in [5.74, 6) is 0.577. The van der Waals surface area contributed by atoms with Gasteiger partial charge >= 0.3 is 26.2 Å². The lowest BCUT2D eigenvalue weighted by Gasteiger charge is -2.40. The van der Waals surface area contributed by atoms with Crippen LogP contribution in [-0.4, -0.2) is 60.4 Å². The fourth-order valence-corrected chi connectivity index (χ4v) is 5.63. The highest BCUT2D eigenvalue weighted by Crippen LogP contribution is 2.33. The number of carbonyl (C=O) groups excluding carboxylic acids is 2. The van der Waals surface area contributed by atoms with E-state index in [-0.39, 0.29) is 11.9 Å². The molecule has 0 aromatic carbocycles. The van der Waals surface area contributed by atoms with Gasteiger partial charge < -0.3 is 30.0 Å². The summed E-state index contributed by atoms with van der Waals surface area (Å²) < 4.78 is 10.2. The molecular formula is C22H40B2N2O6. The van der Waals surface area contributed by atoms with E-state index in [4.69, 9.17) is 9.31 Å². The zero-order valence-corrected chi connectivity index (χ0v) is 19.7. The Bertz CT molecular complexity index is 602. The highest BCUT2D eigenvalue weighted by atomic mass is 16.6. The van der Waals surface area contributed by atoms with Crippen LogP contribution in [0.5, 0.6) is 0 Å². The molecule has 4 aliphatic rings. The van der Waals surface area contributed by atoms with Crippen molar-refractivity contribution in [2.45, 2.75) is 102 Å². The minimum atomic E-state index is -0.913. The Morgan fingerprint density at radius 1 is 0.781 bits per heavy atom. The van der Waals surface area contributed by atoms with Gasteiger partial charge in [-0.25, -0.2) is 0 Å². The molecule has 0 unspecified atom stereocenters. The Morgan fingerprint density at radius 2 is 1.19 bits per heavy atom. The molecular weight excluding hydrogens is 410 g/mol. The summed E-state index contributed by atoms with van der Waals surface area (Å²) in [6.45, 7) is 6.08. The molecule has 0 aliphatic carbocycles. The maximum atomic E-state index is 12.1. The molecule has 4 atom stereocenters. The third-order valence-corrected chi connectivity index (χ3v) is 7.47. The van der Waals surface area contributed by atoms with Gasteiger partial charge in [0.15, 0.2) is 0 Å². The van der Waals surface area contributed by atoms with Gasteiger partial charge in [0.25, 0.3) is 0 Å². The molecule has 0 aromatic rings. The summed E-state index contributed by atoms with van der Waals surface area (Å²) in [6.07, 6.45) is 10.5. The summed E-state index contributed by atoms with van der Waals surface area (Å²) in [6, 6.07) is 0. The van der Waals surface area contributed by atoms with Crippen LogP contribution in [0.25, 0.3) is 0 Å². The van der Waals surface area contributed by atoms with Crippen molar-refractivity contribution >= 4 is 26.2 Å². The number of hydrogen-bond donors (Lipinski definition) is 4. The molecule has 0 saturated carbocycles. The SMILES string of the molecule is C[C@H]1CCN[C@@]2(CCCCB(O)OC2=O)C1.C[C@H]1CCN[C@]2(CCCCB(O)OC2=O)C1. The Hall–Kier alpha value is -1.09. The van der Waals surface area contributed by atoms with E-state index < -0.39 is 25.3 Å². The molecule has 10 heteroatoms. The molecule has 8 nitrogen and oxygen atoms in total. The molecule has 4 aliphatic heterocycles. The van der Waals surface area contributed by atoms with Crippen molar-refractivity contribution in [2.75, 3.05) is 13.1 Å². The molecule has 4 saturated heterocycles. The quantitative estimate of drug-likeness (QED) is 0.414. The van der Waals surface area contributed by atoms with Crippen molar-refractivity contribution < 1.29 is 28.9 Å². The van der Waals surface area contributed by atoms with E-state index in [0.29, 0.717) is 24.5 Å². The zero-order valence-electron chi connectivity index (χ0n) is 19.7. The molecule has 4 fully saturated rings. The van der Waals surface area contributed by atoms with Crippen molar-refractivity contribution in [3.05, 3.63) is 0 Å². The van der Waals surface area contributed by atoms with Crippen LogP contribution in [-0.2, 0) is 18.9 Å². The van der Waals surface area contributed by atoms with Crippen LogP contribution in [0.2, 0.25) is 12.6 Å². The fraction of sp³-hybridized carbons (Fsp3) is 0.909. The second-order valence-electron chi connectivity index (χ2n) is 10.4. The van der Waals surface area contributed by atoms with Crippen molar-refractivity contribution in [1.82, 2.24) is 10.6 Å². The predicted octanol–water partition coefficient (Wildman–Crippen LogP) is 1.90. The van der Waals surface area contributed by atoms with E-state index >= 15 is 0 Å². The molecule has 0 radical (unpaired) electrons. The summed E-state index contributed by atoms with van der Waals surface area (Å²) in [4.78, 5) is 24.1. The first-order chi connectivity index (χ1) is 15.2. The Balaban J connectivity index is 0.000000181. The van der Waals surface area contributed by atoms with E-state index in [1.807, 2.05) is 0 Å². The number of carbonyl (C=O) groups is 2. The summed E-state index contributed by atoms with van der Waals surface area (Å²) in [5, 5.41) is 25.6. The highest BCUT2D eigenvalue weighted by Gasteiger charge is 2.45. The first kappa shape index (κ1) is 25.5. The maximum absolute atomic E-state index is 12.1. The van der Waals surface area contributed by atoms with Gasteiger partial charge in [-0.05, 0) is 76.1 Å². The van der Waals surface area contributed by atoms with Gasteiger partial charge in [-0.15, -0.1) is 0 Å². The van der Waals surface area contributed by atoms with Gasteiger partial charge in [0.1, 0.15) is 11.1 Å². The molecule has 0 amide bonds. The smallest absolute Gasteiger partial charge is 0.508 e. The first-order valence-corrected chi connectivity index (χ1v) is 12.5. The predicted molar refractivity (Wildman–Crippen MR) is 124 cm³/mol. The normalized spacial score (nSPS) is 36.8. The second kappa shape index (κ2) is 11.4. The number of nitrogens with one attached hydrogen (secondary N) is 2. The van der Waals surface area contributed by atoms with Gasteiger partial charge in [-0.2, -0.15) is 0 Å². The van der Waals surface area contributed by atoms with Crippen LogP contribution >= 0.6 is 0 Å². The van der Waals surface area contributed by atoms with Crippen molar-refractivity contribution in [1.29, 1.82) is 0 Å². The first-order valence-electron chi connectivity index (χ1n) is 12.5. The molecule has 32 heavy (non-hydrogen) atoms. The summed E-state index contributed by atoms with van der Waals surface area (Å²) in [7, 11) is -1.83. The van der Waals surface area contributed by atoms with Crippen LogP contribution in [0.15, 0.2) is 0 Å². The number of hydrogen-bond acceptors (Lipinski definition) is 8. The lowest BCUT2D eigenvalue weighted by atomic mass is 9.74. The zero-order chi connectivity index (χ0) is 23.2. The third-order valence-electron chi connectivity index (χ3n) is 7.47. The molecule has 4 rings (SSSR count). The van der Waals surface area contributed by atoms with Crippen molar-refractivity contribution in [2.24, 2.45) is 11.8 Å². The van der Waals surface area contributed by atoms with E-state index in [9.17, 15) is 19.6 Å². The number of rotatable bonds is 0. The Kier molecular flexibility index (Phi) is 9.06. The van der Waals surface area contributed by atoms with Crippen molar-refractivity contribution in [3.8, 4) is 0 Å². The maximum Gasteiger partial charge on any atom is 0.524 e. The minimum Gasteiger partial charge on any atom is -0.508 e. The largest absolute Gasteiger partial charge is 0.524 e. The van der Waals surface area contributed by atoms with Gasteiger partial charge in [0.05, 0.1) is 0 Å². The van der Waals surface area contributed by atoms with Crippen LogP contribution < -0.4 is 10.6 Å². The monoisotopic (exact) mass is 450 g/mol. The van der Waals surface area contributed by atoms with Gasteiger partial charge in [-0.3, -0.25) is 9.59 Å². The molecule has 0 bridgehead atoms. The Morgan fingerprint density at radius 3 is 1.56 bits per heavy atom. The van der Waals surface area contributed by atoms with E-state index in [1.54, 1.807) is 0 Å². The lowest BCUT2D eigenvalue weighted by Crippen LogP contribution is -2.58. The standard InChI is InChI=1S/2C11H20BNO3/c2*1-9-4-7-13-11(8-9)5-2-3-6-12(15)16-10(11)14/h2*9,13,15H,2-8H2,1H3/t9-,11+;9-,11-/m00/s1. The van der Waals surface area contributed by atoms with E-state index in [1.165, 1.54) is 0 Å². The molecule has 180 valence electrons. The average Bonchev–Trinajstić information content (AvgIpc) is 2.73. The molecule has 4 N–H and O–H groups in total. The van der Waals surface area contributed by atoms with Crippen LogP contribution in [0, 0.1) is 11.8 Å². The minimum absolute atomic E-state index is 0.258. The van der Waals surface area contributed by atoms with Crippen molar-refractivity contribution in [3.63, 3.8) is 0 Å². The summed E-state index contributed by atoms with van der Waals surface area (Å²) in [5.41, 5.74) is -1.06. The summed E-state index contributed by atoms with van der Waals surface area (Å²) >= 11 is 0.